The number of hydrogen-bond donors (Lipinski definition) is 0. The van der Waals surface area contributed by atoms with Crippen LogP contribution in [0, 0.1) is 17.0 Å². The van der Waals surface area contributed by atoms with E-state index < -0.39 is 14.9 Å². The molecule has 1 aromatic carbocycles. The van der Waals surface area contributed by atoms with Crippen molar-refractivity contribution in [1.29, 1.82) is 0 Å². The van der Waals surface area contributed by atoms with E-state index in [-0.39, 0.29) is 17.1 Å². The molecule has 0 atom stereocenters. The Morgan fingerprint density at radius 1 is 1.41 bits per heavy atom. The zero-order valence-electron chi connectivity index (χ0n) is 12.4. The fourth-order valence-electron chi connectivity index (χ4n) is 2.01. The minimum Gasteiger partial charge on any atom is -0.337 e. The first kappa shape index (κ1) is 16.1. The van der Waals surface area contributed by atoms with Gasteiger partial charge in [-0.1, -0.05) is 0 Å². The molecule has 0 fully saturated rings. The molecule has 1 aromatic heterocycles. The Bertz CT molecular complexity index is 813. The summed E-state index contributed by atoms with van der Waals surface area (Å²) in [5.74, 6) is 0.602. The number of benzene rings is 1. The van der Waals surface area contributed by atoms with Gasteiger partial charge in [0.05, 0.1) is 16.4 Å². The van der Waals surface area contributed by atoms with Crippen LogP contribution in [0.15, 0.2) is 35.5 Å². The van der Waals surface area contributed by atoms with Crippen molar-refractivity contribution in [3.05, 3.63) is 52.1 Å². The van der Waals surface area contributed by atoms with E-state index in [9.17, 15) is 18.5 Å². The molecule has 2 aromatic rings. The van der Waals surface area contributed by atoms with E-state index in [1.165, 1.54) is 32.2 Å². The van der Waals surface area contributed by atoms with Gasteiger partial charge >= 0.3 is 0 Å². The molecule has 0 saturated carbocycles. The number of aromatic nitrogens is 2. The van der Waals surface area contributed by atoms with Crippen LogP contribution < -0.4 is 0 Å². The lowest BCUT2D eigenvalue weighted by Gasteiger charge is -2.17. The van der Waals surface area contributed by atoms with Gasteiger partial charge in [0.15, 0.2) is 0 Å². The quantitative estimate of drug-likeness (QED) is 0.612. The average Bonchev–Trinajstić information content (AvgIpc) is 2.83. The number of nitrogens with zero attached hydrogens (tertiary/aromatic N) is 4. The lowest BCUT2D eigenvalue weighted by molar-refractivity contribution is -0.385. The summed E-state index contributed by atoms with van der Waals surface area (Å²) >= 11 is 0. The van der Waals surface area contributed by atoms with Crippen molar-refractivity contribution >= 4 is 15.7 Å². The second kappa shape index (κ2) is 5.85. The summed E-state index contributed by atoms with van der Waals surface area (Å²) in [5, 5.41) is 10.8. The van der Waals surface area contributed by atoms with E-state index in [0.717, 1.165) is 4.31 Å². The Morgan fingerprint density at radius 3 is 2.59 bits per heavy atom. The molecular weight excluding hydrogens is 308 g/mol. The summed E-state index contributed by atoms with van der Waals surface area (Å²) in [6.45, 7) is 1.62. The van der Waals surface area contributed by atoms with Crippen molar-refractivity contribution in [2.75, 3.05) is 7.05 Å². The van der Waals surface area contributed by atoms with Gasteiger partial charge in [-0.05, 0) is 19.1 Å². The Kier molecular flexibility index (Phi) is 4.29. The smallest absolute Gasteiger partial charge is 0.272 e. The first-order valence-corrected chi connectivity index (χ1v) is 7.85. The van der Waals surface area contributed by atoms with Crippen molar-refractivity contribution in [3.8, 4) is 0 Å². The fraction of sp³-hybridized carbons (Fsp3) is 0.308. The maximum atomic E-state index is 12.5. The summed E-state index contributed by atoms with van der Waals surface area (Å²) in [5.41, 5.74) is 0.196. The maximum absolute atomic E-state index is 12.5. The molecule has 0 unspecified atom stereocenters. The van der Waals surface area contributed by atoms with E-state index in [0.29, 0.717) is 11.4 Å². The first-order valence-electron chi connectivity index (χ1n) is 6.41. The Hall–Kier alpha value is -2.26. The third-order valence-electron chi connectivity index (χ3n) is 3.36. The molecule has 8 nitrogen and oxygen atoms in total. The van der Waals surface area contributed by atoms with Crippen LogP contribution >= 0.6 is 0 Å². The molecule has 0 saturated heterocycles. The molecule has 22 heavy (non-hydrogen) atoms. The standard InChI is InChI=1S/C13H16N4O4S/c1-10-8-11(4-5-12(10)17(18)19)22(20,21)16(3)9-13-14-6-7-15(13)2/h4-8H,9H2,1-3H3. The molecule has 0 amide bonds. The normalized spacial score (nSPS) is 11.8. The monoisotopic (exact) mass is 324 g/mol. The van der Waals surface area contributed by atoms with Crippen molar-refractivity contribution in [1.82, 2.24) is 13.9 Å². The Labute approximate surface area is 128 Å². The van der Waals surface area contributed by atoms with Crippen molar-refractivity contribution in [3.63, 3.8) is 0 Å². The molecule has 0 spiro atoms. The zero-order chi connectivity index (χ0) is 16.5. The Morgan fingerprint density at radius 2 is 2.09 bits per heavy atom. The third-order valence-corrected chi connectivity index (χ3v) is 5.16. The number of imidazole rings is 1. The first-order chi connectivity index (χ1) is 10.2. The number of hydrogen-bond acceptors (Lipinski definition) is 5. The highest BCUT2D eigenvalue weighted by Crippen LogP contribution is 2.23. The lowest BCUT2D eigenvalue weighted by atomic mass is 10.2. The molecular formula is C13H16N4O4S. The zero-order valence-corrected chi connectivity index (χ0v) is 13.2. The summed E-state index contributed by atoms with van der Waals surface area (Å²) < 4.78 is 27.9. The molecule has 0 radical (unpaired) electrons. The van der Waals surface area contributed by atoms with E-state index in [1.54, 1.807) is 24.0 Å². The molecule has 1 heterocycles. The van der Waals surface area contributed by atoms with Gasteiger partial charge in [0, 0.05) is 38.1 Å². The second-order valence-electron chi connectivity index (χ2n) is 4.92. The van der Waals surface area contributed by atoms with Crippen LogP contribution in [0.3, 0.4) is 0 Å². The number of nitro groups is 1. The van der Waals surface area contributed by atoms with E-state index in [2.05, 4.69) is 4.98 Å². The van der Waals surface area contributed by atoms with Crippen LogP contribution in [0.2, 0.25) is 0 Å². The highest BCUT2D eigenvalue weighted by atomic mass is 32.2. The molecule has 9 heteroatoms. The van der Waals surface area contributed by atoms with Gasteiger partial charge in [-0.2, -0.15) is 4.31 Å². The predicted octanol–water partition coefficient (Wildman–Crippen LogP) is 1.46. The average molecular weight is 324 g/mol. The van der Waals surface area contributed by atoms with Gasteiger partial charge in [0.25, 0.3) is 5.69 Å². The van der Waals surface area contributed by atoms with E-state index in [4.69, 9.17) is 0 Å². The summed E-state index contributed by atoms with van der Waals surface area (Å²) in [6.07, 6.45) is 3.32. The van der Waals surface area contributed by atoms with Gasteiger partial charge in [-0.3, -0.25) is 10.1 Å². The van der Waals surface area contributed by atoms with Gasteiger partial charge in [-0.25, -0.2) is 13.4 Å². The summed E-state index contributed by atoms with van der Waals surface area (Å²) in [6, 6.07) is 3.76. The molecule has 0 bridgehead atoms. The van der Waals surface area contributed by atoms with E-state index in [1.807, 2.05) is 0 Å². The highest BCUT2D eigenvalue weighted by molar-refractivity contribution is 7.89. The number of rotatable bonds is 5. The maximum Gasteiger partial charge on any atom is 0.272 e. The molecule has 0 aliphatic carbocycles. The molecule has 118 valence electrons. The van der Waals surface area contributed by atoms with Crippen LogP contribution in [0.25, 0.3) is 0 Å². The second-order valence-corrected chi connectivity index (χ2v) is 6.97. The number of aryl methyl sites for hydroxylation is 2. The molecule has 0 aliphatic heterocycles. The molecule has 0 N–H and O–H groups in total. The number of sulfonamides is 1. The van der Waals surface area contributed by atoms with Crippen molar-refractivity contribution < 1.29 is 13.3 Å². The summed E-state index contributed by atoms with van der Waals surface area (Å²) in [7, 11) is -0.518. The SMILES string of the molecule is Cc1cc(S(=O)(=O)N(C)Cc2nccn2C)ccc1[N+](=O)[O-]. The Balaban J connectivity index is 2.32. The van der Waals surface area contributed by atoms with Gasteiger partial charge in [0.2, 0.25) is 10.0 Å². The predicted molar refractivity (Wildman–Crippen MR) is 79.7 cm³/mol. The van der Waals surface area contributed by atoms with E-state index >= 15 is 0 Å². The molecule has 2 rings (SSSR count). The van der Waals surface area contributed by atoms with Gasteiger partial charge in [0.1, 0.15) is 5.82 Å². The van der Waals surface area contributed by atoms with Crippen LogP contribution in [0.5, 0.6) is 0 Å². The van der Waals surface area contributed by atoms with Gasteiger partial charge < -0.3 is 4.57 Å². The largest absolute Gasteiger partial charge is 0.337 e. The highest BCUT2D eigenvalue weighted by Gasteiger charge is 2.24. The van der Waals surface area contributed by atoms with Crippen LogP contribution in [0.1, 0.15) is 11.4 Å². The minimum absolute atomic E-state index is 0.0207. The summed E-state index contributed by atoms with van der Waals surface area (Å²) in [4.78, 5) is 14.4. The van der Waals surface area contributed by atoms with Gasteiger partial charge in [-0.15, -0.1) is 0 Å². The van der Waals surface area contributed by atoms with Crippen LogP contribution in [0.4, 0.5) is 5.69 Å². The van der Waals surface area contributed by atoms with Crippen LogP contribution in [-0.2, 0) is 23.6 Å². The number of nitro benzene ring substituents is 1. The lowest BCUT2D eigenvalue weighted by Crippen LogP contribution is -2.27. The molecule has 0 aliphatic rings. The third kappa shape index (κ3) is 3.00. The van der Waals surface area contributed by atoms with Crippen LogP contribution in [-0.4, -0.2) is 34.2 Å². The topological polar surface area (TPSA) is 98.3 Å². The fourth-order valence-corrected chi connectivity index (χ4v) is 3.22. The van der Waals surface area contributed by atoms with Crippen molar-refractivity contribution in [2.24, 2.45) is 7.05 Å². The van der Waals surface area contributed by atoms with Crippen molar-refractivity contribution in [2.45, 2.75) is 18.4 Å². The minimum atomic E-state index is -3.74.